The van der Waals surface area contributed by atoms with E-state index in [2.05, 4.69) is 6.92 Å². The minimum absolute atomic E-state index is 0.134. The van der Waals surface area contributed by atoms with Crippen LogP contribution < -0.4 is 0 Å². The summed E-state index contributed by atoms with van der Waals surface area (Å²) in [6, 6.07) is 0. The Hall–Kier alpha value is -1.30. The Morgan fingerprint density at radius 1 is 0.381 bits per heavy atom. The molecule has 0 amide bonds. The summed E-state index contributed by atoms with van der Waals surface area (Å²) in [6.45, 7) is 9.68. The molecule has 0 spiro atoms. The molecular weight excluding hydrogens is 544 g/mol. The van der Waals surface area contributed by atoms with E-state index in [9.17, 15) is 9.59 Å². The number of rotatable bonds is 35. The average Bonchev–Trinajstić information content (AvgIpc) is 2.98. The molecule has 0 heterocycles. The lowest BCUT2D eigenvalue weighted by Crippen LogP contribution is -2.15. The molecule has 0 saturated carbocycles. The van der Waals surface area contributed by atoms with Crippen LogP contribution in [0.25, 0.3) is 0 Å². The third-order valence-corrected chi connectivity index (χ3v) is 6.37. The van der Waals surface area contributed by atoms with Crippen molar-refractivity contribution in [3.63, 3.8) is 0 Å². The molecule has 42 heavy (non-hydrogen) atoms. The lowest BCUT2D eigenvalue weighted by molar-refractivity contribution is -0.145. The number of carbonyl (C=O) groups excluding carboxylic acids is 2. The molecule has 0 unspecified atom stereocenters. The number of hydrogen-bond donors (Lipinski definition) is 0. The van der Waals surface area contributed by atoms with Gasteiger partial charge >= 0.3 is 11.9 Å². The highest BCUT2D eigenvalue weighted by Gasteiger charge is 2.03. The van der Waals surface area contributed by atoms with Crippen molar-refractivity contribution >= 4 is 11.9 Å². The van der Waals surface area contributed by atoms with Crippen molar-refractivity contribution in [2.45, 2.75) is 104 Å². The number of esters is 2. The van der Waals surface area contributed by atoms with E-state index in [1.54, 1.807) is 0 Å². The molecule has 0 aliphatic carbocycles. The molecular formula is C32H62O10. The van der Waals surface area contributed by atoms with Gasteiger partial charge in [0.05, 0.1) is 79.3 Å². The molecule has 0 bridgehead atoms. The third-order valence-electron chi connectivity index (χ3n) is 6.37. The Morgan fingerprint density at radius 2 is 0.667 bits per heavy atom. The fourth-order valence-corrected chi connectivity index (χ4v) is 4.02. The van der Waals surface area contributed by atoms with Crippen LogP contribution in [0, 0.1) is 0 Å². The second kappa shape index (κ2) is 35.9. The maximum atomic E-state index is 11.8. The van der Waals surface area contributed by atoms with Crippen molar-refractivity contribution in [2.75, 3.05) is 92.5 Å². The summed E-state index contributed by atoms with van der Waals surface area (Å²) >= 11 is 0. The van der Waals surface area contributed by atoms with E-state index in [4.69, 9.17) is 37.9 Å². The number of unbranched alkanes of at least 4 members (excludes halogenated alkanes) is 12. The highest BCUT2D eigenvalue weighted by Crippen LogP contribution is 2.13. The van der Waals surface area contributed by atoms with Gasteiger partial charge in [0.15, 0.2) is 0 Å². The quantitative estimate of drug-likeness (QED) is 0.0661. The van der Waals surface area contributed by atoms with Gasteiger partial charge in [0, 0.05) is 13.3 Å². The summed E-state index contributed by atoms with van der Waals surface area (Å²) < 4.78 is 42.4. The van der Waals surface area contributed by atoms with Gasteiger partial charge in [-0.3, -0.25) is 9.59 Å². The Morgan fingerprint density at radius 3 is 1.00 bits per heavy atom. The predicted molar refractivity (Wildman–Crippen MR) is 163 cm³/mol. The SMILES string of the molecule is CCCCCCCCCCCCCCCC(=O)OCCOCCOCCOCCOCCOCCOCCOC(C)=O. The van der Waals surface area contributed by atoms with Crippen molar-refractivity contribution < 1.29 is 47.5 Å². The summed E-state index contributed by atoms with van der Waals surface area (Å²) in [5.74, 6) is -0.443. The molecule has 0 aromatic rings. The van der Waals surface area contributed by atoms with Gasteiger partial charge in [0.25, 0.3) is 0 Å². The zero-order valence-electron chi connectivity index (χ0n) is 26.9. The average molecular weight is 607 g/mol. The van der Waals surface area contributed by atoms with Gasteiger partial charge in [-0.2, -0.15) is 0 Å². The predicted octanol–water partition coefficient (Wildman–Crippen LogP) is 5.67. The van der Waals surface area contributed by atoms with Gasteiger partial charge in [0.1, 0.15) is 13.2 Å². The largest absolute Gasteiger partial charge is 0.463 e. The lowest BCUT2D eigenvalue weighted by Gasteiger charge is -2.08. The number of hydrogen-bond acceptors (Lipinski definition) is 10. The molecule has 0 aliphatic rings. The van der Waals surface area contributed by atoms with Crippen LogP contribution in [0.1, 0.15) is 104 Å². The first kappa shape index (κ1) is 40.7. The fourth-order valence-electron chi connectivity index (χ4n) is 4.02. The topological polar surface area (TPSA) is 108 Å². The van der Waals surface area contributed by atoms with E-state index in [0.717, 1.165) is 12.8 Å². The van der Waals surface area contributed by atoms with Crippen LogP contribution in [-0.4, -0.2) is 104 Å². The smallest absolute Gasteiger partial charge is 0.305 e. The maximum Gasteiger partial charge on any atom is 0.305 e. The van der Waals surface area contributed by atoms with Gasteiger partial charge in [-0.15, -0.1) is 0 Å². The van der Waals surface area contributed by atoms with E-state index in [1.165, 1.54) is 77.6 Å². The molecule has 0 fully saturated rings. The first-order valence-electron chi connectivity index (χ1n) is 16.4. The molecule has 0 rings (SSSR count). The van der Waals surface area contributed by atoms with Crippen LogP contribution in [0.2, 0.25) is 0 Å². The molecule has 10 heteroatoms. The highest BCUT2D eigenvalue weighted by molar-refractivity contribution is 5.69. The maximum absolute atomic E-state index is 11.8. The Bertz CT molecular complexity index is 561. The van der Waals surface area contributed by atoms with Crippen molar-refractivity contribution in [1.82, 2.24) is 0 Å². The second-order valence-corrected chi connectivity index (χ2v) is 10.2. The monoisotopic (exact) mass is 606 g/mol. The summed E-state index contributed by atoms with van der Waals surface area (Å²) in [4.78, 5) is 22.4. The first-order chi connectivity index (χ1) is 20.7. The van der Waals surface area contributed by atoms with Gasteiger partial charge in [-0.1, -0.05) is 84.0 Å². The lowest BCUT2D eigenvalue weighted by atomic mass is 10.0. The van der Waals surface area contributed by atoms with E-state index in [0.29, 0.717) is 85.7 Å². The third kappa shape index (κ3) is 36.7. The van der Waals surface area contributed by atoms with Crippen LogP contribution in [0.15, 0.2) is 0 Å². The van der Waals surface area contributed by atoms with Crippen LogP contribution in [0.3, 0.4) is 0 Å². The highest BCUT2D eigenvalue weighted by atomic mass is 16.6. The van der Waals surface area contributed by atoms with Crippen molar-refractivity contribution in [3.8, 4) is 0 Å². The zero-order valence-corrected chi connectivity index (χ0v) is 26.9. The summed E-state index contributed by atoms with van der Waals surface area (Å²) in [5.41, 5.74) is 0. The van der Waals surface area contributed by atoms with E-state index >= 15 is 0 Å². The minimum Gasteiger partial charge on any atom is -0.463 e. The normalized spacial score (nSPS) is 11.2. The van der Waals surface area contributed by atoms with E-state index < -0.39 is 0 Å². The molecule has 0 aromatic heterocycles. The molecule has 0 aliphatic heterocycles. The molecule has 0 aromatic carbocycles. The molecule has 0 saturated heterocycles. The minimum atomic E-state index is -0.310. The number of ether oxygens (including phenoxy) is 8. The van der Waals surface area contributed by atoms with Crippen molar-refractivity contribution in [3.05, 3.63) is 0 Å². The van der Waals surface area contributed by atoms with Crippen LogP contribution in [0.5, 0.6) is 0 Å². The van der Waals surface area contributed by atoms with Gasteiger partial charge in [-0.05, 0) is 6.42 Å². The molecule has 10 nitrogen and oxygen atoms in total. The fraction of sp³-hybridized carbons (Fsp3) is 0.938. The Balaban J connectivity index is 3.14. The standard InChI is InChI=1S/C32H62O10/c1-3-4-5-6-7-8-9-10-11-12-13-14-15-16-32(34)42-30-28-40-26-24-38-22-20-36-18-17-35-19-21-37-23-25-39-27-29-41-31(2)33/h3-30H2,1-2H3. The Labute approximate surface area is 255 Å². The summed E-state index contributed by atoms with van der Waals surface area (Å²) in [5, 5.41) is 0. The molecule has 250 valence electrons. The van der Waals surface area contributed by atoms with Gasteiger partial charge in [-0.25, -0.2) is 0 Å². The van der Waals surface area contributed by atoms with E-state index in [-0.39, 0.29) is 25.2 Å². The zero-order chi connectivity index (χ0) is 30.6. The van der Waals surface area contributed by atoms with Crippen molar-refractivity contribution in [2.24, 2.45) is 0 Å². The van der Waals surface area contributed by atoms with Crippen LogP contribution in [0.4, 0.5) is 0 Å². The van der Waals surface area contributed by atoms with E-state index in [1.807, 2.05) is 0 Å². The second-order valence-electron chi connectivity index (χ2n) is 10.2. The van der Waals surface area contributed by atoms with Crippen LogP contribution in [-0.2, 0) is 47.5 Å². The van der Waals surface area contributed by atoms with Crippen molar-refractivity contribution in [1.29, 1.82) is 0 Å². The first-order valence-corrected chi connectivity index (χ1v) is 16.4. The van der Waals surface area contributed by atoms with Crippen LogP contribution >= 0.6 is 0 Å². The summed E-state index contributed by atoms with van der Waals surface area (Å²) in [6.07, 6.45) is 17.3. The number of carbonyl (C=O) groups is 2. The van der Waals surface area contributed by atoms with Gasteiger partial charge < -0.3 is 37.9 Å². The summed E-state index contributed by atoms with van der Waals surface area (Å²) in [7, 11) is 0. The van der Waals surface area contributed by atoms with Gasteiger partial charge in [0.2, 0.25) is 0 Å². The molecule has 0 N–H and O–H groups in total. The Kier molecular flexibility index (Phi) is 34.8. The molecule has 0 atom stereocenters. The molecule has 0 radical (unpaired) electrons.